The average molecular weight is 529 g/mol. The highest BCUT2D eigenvalue weighted by Crippen LogP contribution is 2.39. The van der Waals surface area contributed by atoms with Gasteiger partial charge in [0.2, 0.25) is 5.91 Å². The average Bonchev–Trinajstić information content (AvgIpc) is 3.31. The first-order valence-electron chi connectivity index (χ1n) is 11.8. The van der Waals surface area contributed by atoms with Gasteiger partial charge in [-0.05, 0) is 57.7 Å². The van der Waals surface area contributed by atoms with Gasteiger partial charge in [-0.25, -0.2) is 0 Å². The van der Waals surface area contributed by atoms with Crippen LogP contribution in [0.5, 0.6) is 0 Å². The number of amides is 1. The van der Waals surface area contributed by atoms with Crippen LogP contribution >= 0.6 is 22.9 Å². The number of aryl methyl sites for hydroxylation is 2. The minimum Gasteiger partial charge on any atom is -0.480 e. The fraction of sp³-hybridized carbons (Fsp3) is 0.400. The zero-order valence-corrected chi connectivity index (χ0v) is 22.0. The van der Waals surface area contributed by atoms with E-state index in [9.17, 15) is 9.59 Å². The Kier molecular flexibility index (Phi) is 7.87. The molecule has 0 fully saturated rings. The summed E-state index contributed by atoms with van der Waals surface area (Å²) in [6, 6.07) is 6.14. The van der Waals surface area contributed by atoms with Crippen molar-refractivity contribution in [3.8, 4) is 5.00 Å². The number of unbranched alkanes of at least 4 members (excludes halogenated alkanes) is 1. The highest BCUT2D eigenvalue weighted by Gasteiger charge is 2.32. The van der Waals surface area contributed by atoms with Crippen molar-refractivity contribution in [1.82, 2.24) is 20.1 Å². The molecule has 0 saturated heterocycles. The molecular weight excluding hydrogens is 500 g/mol. The summed E-state index contributed by atoms with van der Waals surface area (Å²) in [4.78, 5) is 30.0. The molecule has 0 radical (unpaired) electrons. The molecule has 4 N–H and O–H groups in total. The van der Waals surface area contributed by atoms with Crippen molar-refractivity contribution in [2.45, 2.75) is 58.5 Å². The van der Waals surface area contributed by atoms with Crippen LogP contribution in [0.4, 0.5) is 0 Å². The van der Waals surface area contributed by atoms with E-state index in [1.54, 1.807) is 11.3 Å². The van der Waals surface area contributed by atoms with Gasteiger partial charge in [0.25, 0.3) is 0 Å². The number of hydrogen-bond acceptors (Lipinski definition) is 7. The SMILES string of the molecule is Cc1sc2c(c1C)C(c1ccc(Cl)cc1)=N[C@@H](CC(=O)NCCCC[C@@H](N)C(=O)O)c1nnc(C)n1-2. The standard InChI is InChI=1S/C25H29ClN6O3S/c1-13-14(2)36-24-21(13)22(16-7-9-17(26)10-8-16)29-19(23-31-30-15(3)32(23)24)12-20(33)28-11-5-4-6-18(27)25(34)35/h7-10,18-19H,4-6,11-12,27H2,1-3H3,(H,28,33)(H,34,35)/t18-,19+/m1/s1. The van der Waals surface area contributed by atoms with Crippen molar-refractivity contribution in [1.29, 1.82) is 0 Å². The second-order valence-corrected chi connectivity index (χ2v) is 10.5. The Morgan fingerprint density at radius 2 is 1.92 bits per heavy atom. The Bertz CT molecular complexity index is 1310. The van der Waals surface area contributed by atoms with Gasteiger partial charge < -0.3 is 16.2 Å². The van der Waals surface area contributed by atoms with Crippen LogP contribution in [0.2, 0.25) is 5.02 Å². The summed E-state index contributed by atoms with van der Waals surface area (Å²) in [5.41, 5.74) is 9.40. The predicted molar refractivity (Wildman–Crippen MR) is 140 cm³/mol. The minimum atomic E-state index is -1.01. The van der Waals surface area contributed by atoms with Crippen LogP contribution in [-0.4, -0.2) is 50.0 Å². The molecule has 3 heterocycles. The first-order chi connectivity index (χ1) is 17.2. The van der Waals surface area contributed by atoms with E-state index in [2.05, 4.69) is 29.4 Å². The molecule has 0 bridgehead atoms. The number of nitrogens with two attached hydrogens (primary N) is 1. The number of hydrogen-bond donors (Lipinski definition) is 3. The lowest BCUT2D eigenvalue weighted by atomic mass is 9.99. The maximum Gasteiger partial charge on any atom is 0.320 e. The maximum absolute atomic E-state index is 12.9. The number of fused-ring (bicyclic) bond motifs is 3. The van der Waals surface area contributed by atoms with Crippen LogP contribution < -0.4 is 11.1 Å². The molecule has 4 rings (SSSR count). The van der Waals surface area contributed by atoms with Crippen molar-refractivity contribution in [3.63, 3.8) is 0 Å². The van der Waals surface area contributed by atoms with Crippen molar-refractivity contribution in [3.05, 3.63) is 62.5 Å². The van der Waals surface area contributed by atoms with Crippen molar-refractivity contribution in [2.75, 3.05) is 6.54 Å². The summed E-state index contributed by atoms with van der Waals surface area (Å²) < 4.78 is 2.01. The molecule has 1 aliphatic rings. The molecule has 0 saturated carbocycles. The third-order valence-corrected chi connectivity index (χ3v) is 7.76. The minimum absolute atomic E-state index is 0.108. The summed E-state index contributed by atoms with van der Waals surface area (Å²) in [5.74, 6) is 0.189. The molecular formula is C25H29ClN6O3S. The molecule has 2 aromatic heterocycles. The number of carboxylic acid groups (broad SMARTS) is 1. The first kappa shape index (κ1) is 26.0. The largest absolute Gasteiger partial charge is 0.480 e. The van der Waals surface area contributed by atoms with E-state index < -0.39 is 18.1 Å². The number of rotatable bonds is 9. The van der Waals surface area contributed by atoms with Crippen LogP contribution in [0.3, 0.4) is 0 Å². The summed E-state index contributed by atoms with van der Waals surface area (Å²) >= 11 is 7.81. The first-order valence-corrected chi connectivity index (χ1v) is 13.0. The number of thiophene rings is 1. The summed E-state index contributed by atoms with van der Waals surface area (Å²) in [6.45, 7) is 6.50. The molecule has 1 aliphatic heterocycles. The van der Waals surface area contributed by atoms with Gasteiger partial charge in [-0.2, -0.15) is 0 Å². The number of aromatic nitrogens is 3. The molecule has 9 nitrogen and oxygen atoms in total. The Labute approximate surface area is 218 Å². The number of aliphatic imine (C=N–C) groups is 1. The van der Waals surface area contributed by atoms with Gasteiger partial charge >= 0.3 is 5.97 Å². The number of carbonyl (C=O) groups is 2. The quantitative estimate of drug-likeness (QED) is 0.360. The monoisotopic (exact) mass is 528 g/mol. The van der Waals surface area contributed by atoms with E-state index in [1.165, 1.54) is 4.88 Å². The van der Waals surface area contributed by atoms with E-state index in [4.69, 9.17) is 27.4 Å². The van der Waals surface area contributed by atoms with Gasteiger partial charge in [0.1, 0.15) is 22.9 Å². The smallest absolute Gasteiger partial charge is 0.320 e. The van der Waals surface area contributed by atoms with E-state index in [0.717, 1.165) is 33.2 Å². The van der Waals surface area contributed by atoms with Crippen LogP contribution in [0.15, 0.2) is 29.3 Å². The lowest BCUT2D eigenvalue weighted by molar-refractivity contribution is -0.138. The van der Waals surface area contributed by atoms with Gasteiger partial charge in [-0.15, -0.1) is 21.5 Å². The number of nitrogens with one attached hydrogen (secondary N) is 1. The Morgan fingerprint density at radius 3 is 2.61 bits per heavy atom. The number of nitrogens with zero attached hydrogens (tertiary/aromatic N) is 4. The molecule has 0 aliphatic carbocycles. The zero-order valence-electron chi connectivity index (χ0n) is 20.4. The summed E-state index contributed by atoms with van der Waals surface area (Å²) in [6.07, 6.45) is 1.73. The highest BCUT2D eigenvalue weighted by molar-refractivity contribution is 7.15. The fourth-order valence-corrected chi connectivity index (χ4v) is 5.56. The van der Waals surface area contributed by atoms with Crippen molar-refractivity contribution < 1.29 is 14.7 Å². The van der Waals surface area contributed by atoms with E-state index in [-0.39, 0.29) is 12.3 Å². The van der Waals surface area contributed by atoms with E-state index in [0.29, 0.717) is 36.7 Å². The number of aliphatic carboxylic acids is 1. The van der Waals surface area contributed by atoms with Gasteiger partial charge in [0, 0.05) is 27.6 Å². The van der Waals surface area contributed by atoms with Crippen molar-refractivity contribution >= 4 is 40.5 Å². The molecule has 3 aromatic rings. The normalized spacial score (nSPS) is 15.5. The Balaban J connectivity index is 1.61. The fourth-order valence-electron chi connectivity index (χ4n) is 4.22. The molecule has 11 heteroatoms. The second kappa shape index (κ2) is 10.9. The van der Waals surface area contributed by atoms with Gasteiger partial charge in [0.15, 0.2) is 5.82 Å². The van der Waals surface area contributed by atoms with Crippen molar-refractivity contribution in [2.24, 2.45) is 10.7 Å². The maximum atomic E-state index is 12.9. The topological polar surface area (TPSA) is 135 Å². The molecule has 2 atom stereocenters. The summed E-state index contributed by atoms with van der Waals surface area (Å²) in [5, 5.41) is 22.2. The predicted octanol–water partition coefficient (Wildman–Crippen LogP) is 3.89. The van der Waals surface area contributed by atoms with Crippen LogP contribution in [0.25, 0.3) is 5.00 Å². The zero-order chi connectivity index (χ0) is 26.0. The van der Waals surface area contributed by atoms with Crippen LogP contribution in [-0.2, 0) is 9.59 Å². The lowest BCUT2D eigenvalue weighted by Crippen LogP contribution is -2.30. The molecule has 0 spiro atoms. The third-order valence-electron chi connectivity index (χ3n) is 6.32. The lowest BCUT2D eigenvalue weighted by Gasteiger charge is -2.13. The highest BCUT2D eigenvalue weighted by atomic mass is 35.5. The third kappa shape index (κ3) is 5.35. The molecule has 36 heavy (non-hydrogen) atoms. The molecule has 190 valence electrons. The van der Waals surface area contributed by atoms with Gasteiger partial charge in [0.05, 0.1) is 12.1 Å². The van der Waals surface area contributed by atoms with Gasteiger partial charge in [-0.1, -0.05) is 23.7 Å². The number of halogens is 1. The number of benzene rings is 1. The summed E-state index contributed by atoms with van der Waals surface area (Å²) in [7, 11) is 0. The van der Waals surface area contributed by atoms with Crippen LogP contribution in [0.1, 0.15) is 64.9 Å². The van der Waals surface area contributed by atoms with Gasteiger partial charge in [-0.3, -0.25) is 19.1 Å². The Morgan fingerprint density at radius 1 is 1.19 bits per heavy atom. The molecule has 1 aromatic carbocycles. The van der Waals surface area contributed by atoms with Crippen LogP contribution in [0, 0.1) is 20.8 Å². The number of carboxylic acids is 1. The molecule has 0 unspecified atom stereocenters. The second-order valence-electron chi connectivity index (χ2n) is 8.90. The molecule has 1 amide bonds. The number of carbonyl (C=O) groups excluding carboxylic acids is 1. The van der Waals surface area contributed by atoms with E-state index in [1.807, 2.05) is 35.8 Å². The van der Waals surface area contributed by atoms with E-state index >= 15 is 0 Å². The Hall–Kier alpha value is -3.08.